The molecule has 17 heavy (non-hydrogen) atoms. The zero-order valence-electron chi connectivity index (χ0n) is 8.70. The molecular weight excluding hydrogens is 236 g/mol. The fraction of sp³-hybridized carbons (Fsp3) is 0. The summed E-state index contributed by atoms with van der Waals surface area (Å²) >= 11 is 1.21. The molecule has 3 aromatic rings. The normalized spacial score (nSPS) is 10.8. The fourth-order valence-electron chi connectivity index (χ4n) is 1.70. The molecule has 0 atom stereocenters. The minimum Gasteiger partial charge on any atom is -0.477 e. The first-order valence-corrected chi connectivity index (χ1v) is 5.83. The third-order valence-corrected chi connectivity index (χ3v) is 3.54. The van der Waals surface area contributed by atoms with Crippen molar-refractivity contribution in [3.8, 4) is 5.00 Å². The van der Waals surface area contributed by atoms with E-state index in [0.29, 0.717) is 4.88 Å². The molecule has 0 aliphatic rings. The van der Waals surface area contributed by atoms with Gasteiger partial charge in [0.05, 0.1) is 11.7 Å². The van der Waals surface area contributed by atoms with Crippen LogP contribution >= 0.6 is 11.3 Å². The maximum atomic E-state index is 10.8. The van der Waals surface area contributed by atoms with E-state index in [-0.39, 0.29) is 0 Å². The first-order chi connectivity index (χ1) is 8.25. The Bertz CT molecular complexity index is 699. The van der Waals surface area contributed by atoms with E-state index in [1.165, 1.54) is 11.3 Å². The van der Waals surface area contributed by atoms with Crippen LogP contribution in [-0.2, 0) is 0 Å². The molecule has 0 fully saturated rings. The van der Waals surface area contributed by atoms with Crippen LogP contribution in [0.2, 0.25) is 0 Å². The molecular formula is C12H8N2O2S. The Hall–Kier alpha value is -2.14. The number of fused-ring (bicyclic) bond motifs is 1. The molecule has 3 rings (SSSR count). The summed E-state index contributed by atoms with van der Waals surface area (Å²) in [5, 5.41) is 15.0. The van der Waals surface area contributed by atoms with Crippen molar-refractivity contribution in [3.63, 3.8) is 0 Å². The Morgan fingerprint density at radius 3 is 2.82 bits per heavy atom. The summed E-state index contributed by atoms with van der Waals surface area (Å²) in [7, 11) is 0. The van der Waals surface area contributed by atoms with Crippen LogP contribution in [-0.4, -0.2) is 20.9 Å². The van der Waals surface area contributed by atoms with Crippen LogP contribution in [0.4, 0.5) is 0 Å². The Labute approximate surface area is 101 Å². The SMILES string of the molecule is O=C(O)c1ccc(-n2ncc3ccccc32)s1. The summed E-state index contributed by atoms with van der Waals surface area (Å²) < 4.78 is 1.76. The Morgan fingerprint density at radius 2 is 2.06 bits per heavy atom. The van der Waals surface area contributed by atoms with E-state index in [1.54, 1.807) is 23.0 Å². The lowest BCUT2D eigenvalue weighted by Gasteiger charge is -1.98. The van der Waals surface area contributed by atoms with Crippen molar-refractivity contribution in [1.82, 2.24) is 9.78 Å². The summed E-state index contributed by atoms with van der Waals surface area (Å²) in [4.78, 5) is 11.1. The van der Waals surface area contributed by atoms with Crippen molar-refractivity contribution in [2.24, 2.45) is 0 Å². The van der Waals surface area contributed by atoms with E-state index in [4.69, 9.17) is 5.11 Å². The number of rotatable bonds is 2. The van der Waals surface area contributed by atoms with Crippen LogP contribution in [0, 0.1) is 0 Å². The van der Waals surface area contributed by atoms with Crippen molar-refractivity contribution < 1.29 is 9.90 Å². The molecule has 0 saturated heterocycles. The second kappa shape index (κ2) is 3.71. The second-order valence-corrected chi connectivity index (χ2v) is 4.62. The molecule has 2 heterocycles. The lowest BCUT2D eigenvalue weighted by molar-refractivity contribution is 0.0702. The number of nitrogens with zero attached hydrogens (tertiary/aromatic N) is 2. The highest BCUT2D eigenvalue weighted by atomic mass is 32.1. The zero-order chi connectivity index (χ0) is 11.8. The molecule has 0 bridgehead atoms. The topological polar surface area (TPSA) is 55.1 Å². The monoisotopic (exact) mass is 244 g/mol. The average Bonchev–Trinajstić information content (AvgIpc) is 2.95. The largest absolute Gasteiger partial charge is 0.477 e. The van der Waals surface area contributed by atoms with Crippen LogP contribution in [0.1, 0.15) is 9.67 Å². The van der Waals surface area contributed by atoms with E-state index in [0.717, 1.165) is 15.9 Å². The van der Waals surface area contributed by atoms with Crippen molar-refractivity contribution in [2.75, 3.05) is 0 Å². The van der Waals surface area contributed by atoms with Gasteiger partial charge >= 0.3 is 5.97 Å². The van der Waals surface area contributed by atoms with Crippen LogP contribution in [0.15, 0.2) is 42.6 Å². The number of para-hydroxylation sites is 1. The number of aromatic carboxylic acids is 1. The van der Waals surface area contributed by atoms with E-state index in [2.05, 4.69) is 5.10 Å². The van der Waals surface area contributed by atoms with E-state index in [1.807, 2.05) is 24.3 Å². The molecule has 0 amide bonds. The molecule has 84 valence electrons. The summed E-state index contributed by atoms with van der Waals surface area (Å²) in [5.74, 6) is -0.905. The molecule has 1 aromatic carbocycles. The average molecular weight is 244 g/mol. The van der Waals surface area contributed by atoms with Gasteiger partial charge in [0.1, 0.15) is 9.88 Å². The first-order valence-electron chi connectivity index (χ1n) is 5.02. The first kappa shape index (κ1) is 10.0. The van der Waals surface area contributed by atoms with Gasteiger partial charge in [-0.1, -0.05) is 18.2 Å². The van der Waals surface area contributed by atoms with Gasteiger partial charge in [-0.15, -0.1) is 11.3 Å². The Balaban J connectivity index is 2.17. The lowest BCUT2D eigenvalue weighted by atomic mass is 10.3. The van der Waals surface area contributed by atoms with Crippen molar-refractivity contribution >= 4 is 28.2 Å². The van der Waals surface area contributed by atoms with Gasteiger partial charge in [0.15, 0.2) is 0 Å². The van der Waals surface area contributed by atoms with Gasteiger partial charge < -0.3 is 5.11 Å². The number of hydrogen-bond donors (Lipinski definition) is 1. The van der Waals surface area contributed by atoms with Gasteiger partial charge in [0, 0.05) is 5.39 Å². The van der Waals surface area contributed by atoms with Gasteiger partial charge in [-0.3, -0.25) is 0 Å². The minimum absolute atomic E-state index is 0.319. The molecule has 0 saturated carbocycles. The summed E-state index contributed by atoms with van der Waals surface area (Å²) in [6.07, 6.45) is 1.77. The van der Waals surface area contributed by atoms with Crippen LogP contribution in [0.25, 0.3) is 15.9 Å². The molecule has 0 aliphatic carbocycles. The Morgan fingerprint density at radius 1 is 1.24 bits per heavy atom. The summed E-state index contributed by atoms with van der Waals surface area (Å²) in [5.41, 5.74) is 0.978. The van der Waals surface area contributed by atoms with Crippen LogP contribution in [0.3, 0.4) is 0 Å². The number of carboxylic acids is 1. The standard InChI is InChI=1S/C12H8N2O2S/c15-12(16)10-5-6-11(17-10)14-9-4-2-1-3-8(9)7-13-14/h1-7H,(H,15,16). The minimum atomic E-state index is -0.905. The molecule has 0 unspecified atom stereocenters. The van der Waals surface area contributed by atoms with Gasteiger partial charge in [-0.2, -0.15) is 5.10 Å². The predicted octanol–water partition coefficient (Wildman–Crippen LogP) is 2.79. The fourth-order valence-corrected chi connectivity index (χ4v) is 2.52. The Kier molecular flexibility index (Phi) is 2.19. The van der Waals surface area contributed by atoms with E-state index >= 15 is 0 Å². The molecule has 1 N–H and O–H groups in total. The highest BCUT2D eigenvalue weighted by Gasteiger charge is 2.10. The number of hydrogen-bond acceptors (Lipinski definition) is 3. The van der Waals surface area contributed by atoms with Crippen LogP contribution in [0.5, 0.6) is 0 Å². The molecule has 0 aliphatic heterocycles. The second-order valence-electron chi connectivity index (χ2n) is 3.56. The van der Waals surface area contributed by atoms with Gasteiger partial charge in [-0.05, 0) is 18.2 Å². The van der Waals surface area contributed by atoms with E-state index < -0.39 is 5.97 Å². The molecule has 4 nitrogen and oxygen atoms in total. The third kappa shape index (κ3) is 1.60. The molecule has 0 spiro atoms. The van der Waals surface area contributed by atoms with Crippen LogP contribution < -0.4 is 0 Å². The number of carboxylic acid groups (broad SMARTS) is 1. The number of benzene rings is 1. The van der Waals surface area contributed by atoms with Gasteiger partial charge in [0.2, 0.25) is 0 Å². The smallest absolute Gasteiger partial charge is 0.345 e. The maximum absolute atomic E-state index is 10.8. The molecule has 5 heteroatoms. The quantitative estimate of drug-likeness (QED) is 0.754. The summed E-state index contributed by atoms with van der Waals surface area (Å²) in [6, 6.07) is 11.2. The lowest BCUT2D eigenvalue weighted by Crippen LogP contribution is -1.92. The maximum Gasteiger partial charge on any atom is 0.345 e. The number of aromatic nitrogens is 2. The third-order valence-electron chi connectivity index (χ3n) is 2.49. The summed E-state index contributed by atoms with van der Waals surface area (Å²) in [6.45, 7) is 0. The van der Waals surface area contributed by atoms with Crippen molar-refractivity contribution in [3.05, 3.63) is 47.5 Å². The number of thiophene rings is 1. The van der Waals surface area contributed by atoms with Gasteiger partial charge in [-0.25, -0.2) is 9.48 Å². The highest BCUT2D eigenvalue weighted by molar-refractivity contribution is 7.16. The van der Waals surface area contributed by atoms with Crippen molar-refractivity contribution in [2.45, 2.75) is 0 Å². The van der Waals surface area contributed by atoms with Gasteiger partial charge in [0.25, 0.3) is 0 Å². The zero-order valence-corrected chi connectivity index (χ0v) is 9.52. The highest BCUT2D eigenvalue weighted by Crippen LogP contribution is 2.24. The number of carbonyl (C=O) groups is 1. The molecule has 0 radical (unpaired) electrons. The molecule has 2 aromatic heterocycles. The predicted molar refractivity (Wildman–Crippen MR) is 65.9 cm³/mol. The van der Waals surface area contributed by atoms with E-state index in [9.17, 15) is 4.79 Å². The van der Waals surface area contributed by atoms with Crippen molar-refractivity contribution in [1.29, 1.82) is 0 Å².